The molecule has 2 aromatic rings. The number of carbonyl (C=O) groups is 1. The van der Waals surface area contributed by atoms with Crippen molar-refractivity contribution in [3.8, 4) is 0 Å². The van der Waals surface area contributed by atoms with Gasteiger partial charge in [-0.15, -0.1) is 0 Å². The van der Waals surface area contributed by atoms with Gasteiger partial charge >= 0.3 is 0 Å². The van der Waals surface area contributed by atoms with Crippen LogP contribution in [0.15, 0.2) is 54.6 Å². The molecule has 2 atom stereocenters. The lowest BCUT2D eigenvalue weighted by Crippen LogP contribution is -2.46. The van der Waals surface area contributed by atoms with E-state index in [2.05, 4.69) is 5.32 Å². The van der Waals surface area contributed by atoms with Crippen molar-refractivity contribution in [3.05, 3.63) is 71.3 Å². The fourth-order valence-electron chi connectivity index (χ4n) is 2.74. The summed E-state index contributed by atoms with van der Waals surface area (Å²) in [5.74, 6) is 0.0593. The summed E-state index contributed by atoms with van der Waals surface area (Å²) in [6.45, 7) is 2.06. The first-order chi connectivity index (χ1) is 11.5. The lowest BCUT2D eigenvalue weighted by molar-refractivity contribution is -0.131. The molecule has 2 unspecified atom stereocenters. The number of likely N-dealkylation sites (N-methyl/N-ethyl adjacent to an activating group) is 1. The molecule has 1 amide bonds. The van der Waals surface area contributed by atoms with Crippen LogP contribution in [-0.2, 0) is 17.8 Å². The average molecular weight is 326 g/mol. The molecule has 2 aromatic carbocycles. The monoisotopic (exact) mass is 326 g/mol. The van der Waals surface area contributed by atoms with Crippen LogP contribution in [0.2, 0.25) is 0 Å². The fraction of sp³-hybridized carbons (Fsp3) is 0.350. The predicted octanol–water partition coefficient (Wildman–Crippen LogP) is 2.53. The number of nitrogens with one attached hydrogen (secondary N) is 1. The molecule has 0 heterocycles. The molecule has 0 fully saturated rings. The maximum atomic E-state index is 12.6. The van der Waals surface area contributed by atoms with Crippen molar-refractivity contribution in [1.29, 1.82) is 0 Å². The molecule has 0 aliphatic carbocycles. The highest BCUT2D eigenvalue weighted by molar-refractivity contribution is 5.81. The second-order valence-electron chi connectivity index (χ2n) is 6.27. The van der Waals surface area contributed by atoms with E-state index in [0.717, 1.165) is 16.7 Å². The molecular weight excluding hydrogens is 300 g/mol. The maximum absolute atomic E-state index is 12.6. The summed E-state index contributed by atoms with van der Waals surface area (Å²) in [6, 6.07) is 17.5. The van der Waals surface area contributed by atoms with Gasteiger partial charge in [-0.25, -0.2) is 0 Å². The highest BCUT2D eigenvalue weighted by atomic mass is 16.3. The molecule has 0 saturated carbocycles. The van der Waals surface area contributed by atoms with Gasteiger partial charge in [0.2, 0.25) is 5.91 Å². The number of amides is 1. The summed E-state index contributed by atoms with van der Waals surface area (Å²) in [5, 5.41) is 12.7. The lowest BCUT2D eigenvalue weighted by atomic mass is 10.0. The minimum absolute atomic E-state index is 0.00844. The van der Waals surface area contributed by atoms with Gasteiger partial charge in [0.1, 0.15) is 0 Å². The van der Waals surface area contributed by atoms with Gasteiger partial charge in [0.15, 0.2) is 0 Å². The number of hydrogen-bond acceptors (Lipinski definition) is 3. The first-order valence-corrected chi connectivity index (χ1v) is 8.22. The van der Waals surface area contributed by atoms with Crippen LogP contribution in [0.3, 0.4) is 0 Å². The minimum Gasteiger partial charge on any atom is -0.392 e. The van der Waals surface area contributed by atoms with Gasteiger partial charge in [-0.1, -0.05) is 54.6 Å². The van der Waals surface area contributed by atoms with Crippen LogP contribution in [0.25, 0.3) is 0 Å². The number of rotatable bonds is 7. The van der Waals surface area contributed by atoms with E-state index in [-0.39, 0.29) is 24.6 Å². The van der Waals surface area contributed by atoms with Crippen LogP contribution in [0, 0.1) is 0 Å². The third-order valence-electron chi connectivity index (χ3n) is 4.11. The van der Waals surface area contributed by atoms with E-state index in [1.165, 1.54) is 0 Å². The molecular formula is C20H26N2O2. The van der Waals surface area contributed by atoms with E-state index in [0.29, 0.717) is 6.42 Å². The molecule has 0 bridgehead atoms. The zero-order chi connectivity index (χ0) is 17.5. The smallest absolute Gasteiger partial charge is 0.239 e. The van der Waals surface area contributed by atoms with Crippen LogP contribution in [0.4, 0.5) is 0 Å². The first-order valence-electron chi connectivity index (χ1n) is 8.22. The van der Waals surface area contributed by atoms with Crippen molar-refractivity contribution >= 4 is 5.91 Å². The largest absolute Gasteiger partial charge is 0.392 e. The van der Waals surface area contributed by atoms with Gasteiger partial charge in [-0.3, -0.25) is 10.1 Å². The van der Waals surface area contributed by atoms with Crippen LogP contribution < -0.4 is 5.32 Å². The number of aliphatic hydroxyl groups excluding tert-OH is 1. The minimum atomic E-state index is -0.296. The Morgan fingerprint density at radius 2 is 1.75 bits per heavy atom. The van der Waals surface area contributed by atoms with Crippen molar-refractivity contribution in [2.24, 2.45) is 0 Å². The molecule has 0 radical (unpaired) electrons. The molecule has 0 aliphatic rings. The molecule has 0 spiro atoms. The molecule has 24 heavy (non-hydrogen) atoms. The molecule has 4 heteroatoms. The van der Waals surface area contributed by atoms with Gasteiger partial charge in [0.05, 0.1) is 12.6 Å². The normalized spacial score (nSPS) is 13.3. The lowest BCUT2D eigenvalue weighted by Gasteiger charge is -2.26. The summed E-state index contributed by atoms with van der Waals surface area (Å²) in [6.07, 6.45) is 0.641. The molecule has 4 nitrogen and oxygen atoms in total. The Labute approximate surface area is 144 Å². The number of hydrogen-bond donors (Lipinski definition) is 2. The first kappa shape index (κ1) is 18.2. The third-order valence-corrected chi connectivity index (χ3v) is 4.11. The number of benzene rings is 2. The van der Waals surface area contributed by atoms with Gasteiger partial charge in [0, 0.05) is 20.1 Å². The summed E-state index contributed by atoms with van der Waals surface area (Å²) in [4.78, 5) is 14.2. The molecule has 0 saturated heterocycles. The summed E-state index contributed by atoms with van der Waals surface area (Å²) >= 11 is 0. The van der Waals surface area contributed by atoms with Crippen LogP contribution in [0.1, 0.15) is 29.7 Å². The third kappa shape index (κ3) is 4.91. The van der Waals surface area contributed by atoms with Gasteiger partial charge < -0.3 is 10.0 Å². The highest BCUT2D eigenvalue weighted by Crippen LogP contribution is 2.17. The molecule has 2 rings (SSSR count). The second-order valence-corrected chi connectivity index (χ2v) is 6.27. The Balaban J connectivity index is 2.16. The van der Waals surface area contributed by atoms with E-state index in [1.807, 2.05) is 61.5 Å². The van der Waals surface area contributed by atoms with Gasteiger partial charge in [-0.05, 0) is 30.0 Å². The van der Waals surface area contributed by atoms with Crippen LogP contribution >= 0.6 is 0 Å². The second kappa shape index (κ2) is 8.62. The zero-order valence-electron chi connectivity index (χ0n) is 14.6. The van der Waals surface area contributed by atoms with E-state index in [1.54, 1.807) is 19.0 Å². The molecule has 0 aromatic heterocycles. The average Bonchev–Trinajstić information content (AvgIpc) is 2.61. The van der Waals surface area contributed by atoms with E-state index < -0.39 is 0 Å². The highest BCUT2D eigenvalue weighted by Gasteiger charge is 2.23. The van der Waals surface area contributed by atoms with Crippen LogP contribution in [0.5, 0.6) is 0 Å². The van der Waals surface area contributed by atoms with Crippen molar-refractivity contribution in [3.63, 3.8) is 0 Å². The van der Waals surface area contributed by atoms with Crippen LogP contribution in [-0.4, -0.2) is 36.1 Å². The topological polar surface area (TPSA) is 52.6 Å². The van der Waals surface area contributed by atoms with Crippen molar-refractivity contribution in [2.75, 3.05) is 14.1 Å². The predicted molar refractivity (Wildman–Crippen MR) is 96.5 cm³/mol. The Morgan fingerprint density at radius 1 is 1.08 bits per heavy atom. The Hall–Kier alpha value is -2.17. The SMILES string of the molecule is CC(NC(Cc1ccccc1)C(=O)N(C)C)c1cccc(CO)c1. The fourth-order valence-corrected chi connectivity index (χ4v) is 2.74. The molecule has 0 aliphatic heterocycles. The van der Waals surface area contributed by atoms with Gasteiger partial charge in [0.25, 0.3) is 0 Å². The Morgan fingerprint density at radius 3 is 2.38 bits per heavy atom. The molecule has 128 valence electrons. The van der Waals surface area contributed by atoms with E-state index >= 15 is 0 Å². The zero-order valence-corrected chi connectivity index (χ0v) is 14.6. The van der Waals surface area contributed by atoms with E-state index in [9.17, 15) is 9.90 Å². The van der Waals surface area contributed by atoms with Crippen molar-refractivity contribution in [1.82, 2.24) is 10.2 Å². The standard InChI is InChI=1S/C20H26N2O2/c1-15(18-11-7-10-17(12-18)14-23)21-19(20(24)22(2)3)13-16-8-5-4-6-9-16/h4-12,15,19,21,23H,13-14H2,1-3H3. The number of nitrogens with zero attached hydrogens (tertiary/aromatic N) is 1. The Bertz CT molecular complexity index is 656. The maximum Gasteiger partial charge on any atom is 0.239 e. The van der Waals surface area contributed by atoms with E-state index in [4.69, 9.17) is 0 Å². The number of aliphatic hydroxyl groups is 1. The molecule has 2 N–H and O–H groups in total. The van der Waals surface area contributed by atoms with Crippen molar-refractivity contribution in [2.45, 2.75) is 32.0 Å². The van der Waals surface area contributed by atoms with Crippen molar-refractivity contribution < 1.29 is 9.90 Å². The summed E-state index contributed by atoms with van der Waals surface area (Å²) < 4.78 is 0. The Kier molecular flexibility index (Phi) is 6.53. The van der Waals surface area contributed by atoms with Gasteiger partial charge in [-0.2, -0.15) is 0 Å². The summed E-state index contributed by atoms with van der Waals surface area (Å²) in [7, 11) is 3.55. The number of carbonyl (C=O) groups excluding carboxylic acids is 1. The quantitative estimate of drug-likeness (QED) is 0.822. The summed E-state index contributed by atoms with van der Waals surface area (Å²) in [5.41, 5.74) is 3.06.